The third-order valence-electron chi connectivity index (χ3n) is 6.98. The Morgan fingerprint density at radius 1 is 1.17 bits per heavy atom. The van der Waals surface area contributed by atoms with Crippen LogP contribution < -0.4 is 5.73 Å². The first-order valence-corrected chi connectivity index (χ1v) is 12.2. The topological polar surface area (TPSA) is 91.6 Å². The number of rotatable bonds is 7. The van der Waals surface area contributed by atoms with E-state index in [1.54, 1.807) is 0 Å². The monoisotopic (exact) mass is 481 g/mol. The van der Waals surface area contributed by atoms with Crippen LogP contribution >= 0.6 is 0 Å². The van der Waals surface area contributed by atoms with Crippen molar-refractivity contribution >= 4 is 24.1 Å². The largest absolute Gasteiger partial charge is 0.383 e. The minimum atomic E-state index is 0.192. The number of hydrogen-bond donors (Lipinski definition) is 1. The molecule has 4 heterocycles. The Bertz CT molecular complexity index is 1360. The molecule has 0 saturated carbocycles. The van der Waals surface area contributed by atoms with Crippen molar-refractivity contribution in [3.05, 3.63) is 84.0 Å². The molecular formula is C28H31N7O. The van der Waals surface area contributed by atoms with Crippen LogP contribution in [0.5, 0.6) is 0 Å². The molecule has 2 aliphatic heterocycles. The number of pyridine rings is 1. The number of amides is 1. The molecule has 1 atom stereocenters. The first-order chi connectivity index (χ1) is 17.5. The van der Waals surface area contributed by atoms with Crippen LogP contribution in [-0.4, -0.2) is 63.8 Å². The summed E-state index contributed by atoms with van der Waals surface area (Å²) in [4.78, 5) is 28.6. The molecule has 184 valence electrons. The number of piperazine rings is 1. The lowest BCUT2D eigenvalue weighted by Crippen LogP contribution is -2.46. The minimum absolute atomic E-state index is 0.192. The number of imidazole rings is 1. The zero-order valence-corrected chi connectivity index (χ0v) is 20.5. The maximum atomic E-state index is 10.9. The number of fused-ring (bicyclic) bond motifs is 1. The lowest BCUT2D eigenvalue weighted by atomic mass is 10.00. The molecule has 8 nitrogen and oxygen atoms in total. The van der Waals surface area contributed by atoms with Crippen LogP contribution in [-0.2, 0) is 11.3 Å². The van der Waals surface area contributed by atoms with E-state index < -0.39 is 0 Å². The minimum Gasteiger partial charge on any atom is -0.383 e. The summed E-state index contributed by atoms with van der Waals surface area (Å²) < 4.78 is 2.08. The van der Waals surface area contributed by atoms with E-state index in [2.05, 4.69) is 68.0 Å². The Kier molecular flexibility index (Phi) is 6.77. The van der Waals surface area contributed by atoms with Crippen LogP contribution in [0.4, 0.5) is 0 Å². The number of aryl methyl sites for hydroxylation is 1. The first-order valence-electron chi connectivity index (χ1n) is 12.2. The van der Waals surface area contributed by atoms with Crippen molar-refractivity contribution in [2.45, 2.75) is 19.9 Å². The highest BCUT2D eigenvalue weighted by Crippen LogP contribution is 2.28. The summed E-state index contributed by atoms with van der Waals surface area (Å²) in [6.45, 7) is 10.9. The normalized spacial score (nSPS) is 18.6. The summed E-state index contributed by atoms with van der Waals surface area (Å²) in [6.07, 6.45) is 9.27. The number of amidine groups is 1. The number of benzene rings is 1. The lowest BCUT2D eigenvalue weighted by molar-refractivity contribution is -0.106. The highest BCUT2D eigenvalue weighted by molar-refractivity contribution is 6.00. The van der Waals surface area contributed by atoms with Gasteiger partial charge in [-0.1, -0.05) is 42.5 Å². The standard InChI is InChI=1S/C28H31N7O/c1-20-3-5-23(6-4-20)27-25(35-17-24(28(29)31-19-36)7-8-26(35)32-27)18-33-13-15-34(16-14-33)21(2)22-9-11-30-12-10-22/h3-9,11-12,17,19,22H,2,10,13-16,18H2,1H3,(H2,29,31,36). The van der Waals surface area contributed by atoms with Gasteiger partial charge in [0.25, 0.3) is 0 Å². The van der Waals surface area contributed by atoms with Gasteiger partial charge in [0.05, 0.1) is 11.4 Å². The zero-order chi connectivity index (χ0) is 25.1. The number of nitrogens with two attached hydrogens (primary N) is 1. The summed E-state index contributed by atoms with van der Waals surface area (Å²) in [7, 11) is 0. The van der Waals surface area contributed by atoms with E-state index in [9.17, 15) is 4.79 Å². The molecule has 0 spiro atoms. The van der Waals surface area contributed by atoms with Crippen molar-refractivity contribution in [2.24, 2.45) is 21.6 Å². The maximum absolute atomic E-state index is 10.9. The van der Waals surface area contributed by atoms with Crippen LogP contribution in [0.2, 0.25) is 0 Å². The van der Waals surface area contributed by atoms with Crippen molar-refractivity contribution in [1.82, 2.24) is 19.2 Å². The average Bonchev–Trinajstić information content (AvgIpc) is 3.27. The van der Waals surface area contributed by atoms with Gasteiger partial charge in [-0.05, 0) is 25.5 Å². The second-order valence-corrected chi connectivity index (χ2v) is 9.31. The van der Waals surface area contributed by atoms with Gasteiger partial charge in [-0.25, -0.2) is 4.98 Å². The third-order valence-corrected chi connectivity index (χ3v) is 6.98. The smallest absolute Gasteiger partial charge is 0.234 e. The Balaban J connectivity index is 1.42. The summed E-state index contributed by atoms with van der Waals surface area (Å²) in [5.74, 6) is 0.523. The predicted molar refractivity (Wildman–Crippen MR) is 144 cm³/mol. The Hall–Kier alpha value is -4.04. The molecule has 1 amide bonds. The van der Waals surface area contributed by atoms with E-state index >= 15 is 0 Å². The van der Waals surface area contributed by atoms with Gasteiger partial charge in [-0.15, -0.1) is 0 Å². The summed E-state index contributed by atoms with van der Waals surface area (Å²) in [6, 6.07) is 12.2. The number of carbonyl (C=O) groups is 1. The van der Waals surface area contributed by atoms with E-state index in [-0.39, 0.29) is 5.84 Å². The number of carbonyl (C=O) groups excluding carboxylic acids is 1. The number of nitrogens with zero attached hydrogens (tertiary/aromatic N) is 6. The molecular weight excluding hydrogens is 450 g/mol. The number of aromatic nitrogens is 2. The molecule has 1 fully saturated rings. The van der Waals surface area contributed by atoms with Gasteiger partial charge in [-0.2, -0.15) is 4.99 Å². The van der Waals surface area contributed by atoms with Crippen LogP contribution in [0, 0.1) is 12.8 Å². The van der Waals surface area contributed by atoms with Gasteiger partial charge in [-0.3, -0.25) is 14.7 Å². The van der Waals surface area contributed by atoms with Crippen molar-refractivity contribution in [3.8, 4) is 11.3 Å². The summed E-state index contributed by atoms with van der Waals surface area (Å²) in [5.41, 5.74) is 13.0. The quantitative estimate of drug-likeness (QED) is 0.317. The summed E-state index contributed by atoms with van der Waals surface area (Å²) in [5, 5.41) is 0. The second kappa shape index (κ2) is 10.3. The van der Waals surface area contributed by atoms with E-state index in [1.807, 2.05) is 30.7 Å². The molecule has 1 unspecified atom stereocenters. The molecule has 2 aromatic heterocycles. The molecule has 0 bridgehead atoms. The van der Waals surface area contributed by atoms with Crippen molar-refractivity contribution < 1.29 is 4.79 Å². The van der Waals surface area contributed by atoms with Gasteiger partial charge < -0.3 is 15.0 Å². The zero-order valence-electron chi connectivity index (χ0n) is 20.5. The molecule has 1 saturated heterocycles. The Morgan fingerprint density at radius 3 is 2.64 bits per heavy atom. The van der Waals surface area contributed by atoms with Gasteiger partial charge in [0.1, 0.15) is 11.5 Å². The van der Waals surface area contributed by atoms with E-state index in [0.717, 1.165) is 61.7 Å². The first kappa shape index (κ1) is 23.7. The van der Waals surface area contributed by atoms with Gasteiger partial charge in [0.15, 0.2) is 0 Å². The lowest BCUT2D eigenvalue weighted by Gasteiger charge is -2.38. The molecule has 0 radical (unpaired) electrons. The predicted octanol–water partition coefficient (Wildman–Crippen LogP) is 3.41. The maximum Gasteiger partial charge on any atom is 0.234 e. The fraction of sp³-hybridized carbons (Fsp3) is 0.286. The second-order valence-electron chi connectivity index (χ2n) is 9.31. The Labute approximate surface area is 211 Å². The number of aliphatic imine (C=N–C) groups is 2. The molecule has 8 heteroatoms. The molecule has 36 heavy (non-hydrogen) atoms. The fourth-order valence-electron chi connectivity index (χ4n) is 4.82. The third kappa shape index (κ3) is 4.85. The number of allylic oxidation sites excluding steroid dienone is 1. The van der Waals surface area contributed by atoms with Crippen LogP contribution in [0.1, 0.15) is 23.2 Å². The van der Waals surface area contributed by atoms with Crippen molar-refractivity contribution in [1.29, 1.82) is 0 Å². The van der Waals surface area contributed by atoms with E-state index in [0.29, 0.717) is 17.9 Å². The highest BCUT2D eigenvalue weighted by Gasteiger charge is 2.24. The molecule has 0 aliphatic carbocycles. The fourth-order valence-corrected chi connectivity index (χ4v) is 4.82. The summed E-state index contributed by atoms with van der Waals surface area (Å²) >= 11 is 0. The molecule has 1 aromatic carbocycles. The molecule has 2 aliphatic rings. The van der Waals surface area contributed by atoms with E-state index in [1.165, 1.54) is 11.3 Å². The van der Waals surface area contributed by atoms with Crippen LogP contribution in [0.3, 0.4) is 0 Å². The number of hydrogen-bond acceptors (Lipinski definition) is 5. The average molecular weight is 482 g/mol. The van der Waals surface area contributed by atoms with Gasteiger partial charge in [0.2, 0.25) is 6.41 Å². The van der Waals surface area contributed by atoms with Crippen molar-refractivity contribution in [2.75, 3.05) is 26.2 Å². The molecule has 3 aromatic rings. The SMILES string of the molecule is C=C(C1C=CN=CC1)N1CCN(Cc2c(-c3ccc(C)cc3)nc3ccc(C(N)=NC=O)cn23)CC1. The van der Waals surface area contributed by atoms with Crippen LogP contribution in [0.25, 0.3) is 16.9 Å². The molecule has 5 rings (SSSR count). The van der Waals surface area contributed by atoms with Crippen molar-refractivity contribution in [3.63, 3.8) is 0 Å². The Morgan fingerprint density at radius 2 is 1.94 bits per heavy atom. The van der Waals surface area contributed by atoms with E-state index in [4.69, 9.17) is 10.7 Å². The van der Waals surface area contributed by atoms with Gasteiger partial charge in [0, 0.05) is 74.1 Å². The molecule has 2 N–H and O–H groups in total. The van der Waals surface area contributed by atoms with Crippen LogP contribution in [0.15, 0.2) is 77.1 Å². The highest BCUT2D eigenvalue weighted by atomic mass is 16.1. The van der Waals surface area contributed by atoms with Gasteiger partial charge >= 0.3 is 0 Å².